The number of hydrogen-bond donors (Lipinski definition) is 2. The van der Waals surface area contributed by atoms with E-state index in [4.69, 9.17) is 33.7 Å². The summed E-state index contributed by atoms with van der Waals surface area (Å²) >= 11 is 0. The summed E-state index contributed by atoms with van der Waals surface area (Å²) in [5.41, 5.74) is -1.83. The third kappa shape index (κ3) is 19.0. The van der Waals surface area contributed by atoms with Gasteiger partial charge in [0.05, 0.1) is 17.9 Å². The summed E-state index contributed by atoms with van der Waals surface area (Å²) < 4.78 is 144. The fraction of sp³-hybridized carbons (Fsp3) is 0.667. The number of ether oxygens (including phenoxy) is 4. The molecule has 1 aliphatic heterocycles. The van der Waals surface area contributed by atoms with Gasteiger partial charge in [-0.15, -0.1) is 8.31 Å². The van der Waals surface area contributed by atoms with Crippen molar-refractivity contribution in [1.29, 1.82) is 0 Å². The quantitative estimate of drug-likeness (QED) is 0.0109. The van der Waals surface area contributed by atoms with E-state index in [9.17, 15) is 57.6 Å². The van der Waals surface area contributed by atoms with E-state index < -0.39 is 80.6 Å². The lowest BCUT2D eigenvalue weighted by Crippen LogP contribution is -2.57. The van der Waals surface area contributed by atoms with E-state index in [2.05, 4.69) is 76.7 Å². The Hall–Kier alpha value is -5.13. The number of aromatic nitrogens is 2. The molecule has 408 valence electrons. The predicted octanol–water partition coefficient (Wildman–Crippen LogP) is 8.40. The van der Waals surface area contributed by atoms with E-state index in [-0.39, 0.29) is 24.3 Å². The van der Waals surface area contributed by atoms with Crippen LogP contribution in [-0.4, -0.2) is 108 Å². The third-order valence-corrected chi connectivity index (χ3v) is 17.4. The first-order valence-corrected chi connectivity index (χ1v) is 27.6. The van der Waals surface area contributed by atoms with Gasteiger partial charge >= 0.3 is 49.4 Å². The van der Waals surface area contributed by atoms with Crippen molar-refractivity contribution < 1.29 is 94.1 Å². The molecule has 0 aliphatic carbocycles. The lowest BCUT2D eigenvalue weighted by Gasteiger charge is -2.39. The Balaban J connectivity index is 0.00000102. The molecule has 2 heterocycles. The minimum absolute atomic E-state index is 0.0380. The van der Waals surface area contributed by atoms with Crippen LogP contribution in [0.15, 0.2) is 48.4 Å². The van der Waals surface area contributed by atoms with Crippen LogP contribution in [0, 0.1) is 0 Å². The average molecular weight is 1100 g/mol. The molecule has 2 N–H and O–H groups in total. The molecule has 0 spiro atoms. The molecule has 2 amide bonds. The molecule has 0 radical (unpaired) electrons. The number of carbonyl (C=O) groups is 3. The molecular weight excluding hydrogens is 1030 g/mol. The van der Waals surface area contributed by atoms with Crippen molar-refractivity contribution in [3.63, 3.8) is 0 Å². The van der Waals surface area contributed by atoms with Gasteiger partial charge in [-0.3, -0.25) is 0 Å². The number of nitrogens with one attached hydrogen (secondary N) is 2. The van der Waals surface area contributed by atoms with Crippen LogP contribution in [0.5, 0.6) is 5.75 Å². The van der Waals surface area contributed by atoms with Crippen LogP contribution in [0.25, 0.3) is 21.6 Å². The molecule has 3 rings (SSSR count). The number of hydroxylamine groups is 1. The van der Waals surface area contributed by atoms with E-state index in [0.29, 0.717) is 44.6 Å². The van der Waals surface area contributed by atoms with Gasteiger partial charge in [0.25, 0.3) is 0 Å². The van der Waals surface area contributed by atoms with Crippen LogP contribution < -0.4 is 20.2 Å². The molecule has 1 aliphatic rings. The second-order valence-electron chi connectivity index (χ2n) is 19.7. The number of azide groups is 1. The molecule has 72 heavy (non-hydrogen) atoms. The number of fused-ring (bicyclic) bond motifs is 1. The van der Waals surface area contributed by atoms with Crippen molar-refractivity contribution >= 4 is 46.7 Å². The first-order chi connectivity index (χ1) is 32.6. The number of esters is 1. The highest BCUT2D eigenvalue weighted by atomic mass is 32.3. The van der Waals surface area contributed by atoms with Crippen LogP contribution in [0.2, 0.25) is 18.1 Å². The summed E-state index contributed by atoms with van der Waals surface area (Å²) in [5, 5.41) is 6.57. The Labute approximate surface area is 415 Å². The predicted molar refractivity (Wildman–Crippen MR) is 249 cm³/mol. The van der Waals surface area contributed by atoms with Gasteiger partial charge in [0.1, 0.15) is 36.2 Å². The van der Waals surface area contributed by atoms with Gasteiger partial charge in [0, 0.05) is 24.4 Å². The van der Waals surface area contributed by atoms with Crippen LogP contribution in [0.4, 0.5) is 35.9 Å². The Morgan fingerprint density at radius 2 is 1.53 bits per heavy atom. The fourth-order valence-electron chi connectivity index (χ4n) is 5.89. The van der Waals surface area contributed by atoms with Gasteiger partial charge < -0.3 is 28.7 Å². The Morgan fingerprint density at radius 3 is 2.04 bits per heavy atom. The van der Waals surface area contributed by atoms with Crippen LogP contribution in [0.3, 0.4) is 0 Å². The van der Waals surface area contributed by atoms with Gasteiger partial charge in [-0.2, -0.15) is 53.3 Å². The van der Waals surface area contributed by atoms with E-state index in [1.165, 1.54) is 13.0 Å². The van der Waals surface area contributed by atoms with Crippen molar-refractivity contribution in [3.8, 4) is 16.9 Å². The molecule has 0 unspecified atom stereocenters. The number of rotatable bonds is 19. The van der Waals surface area contributed by atoms with Gasteiger partial charge in [0.2, 0.25) is 11.8 Å². The zero-order valence-electron chi connectivity index (χ0n) is 42.0. The molecule has 0 saturated carbocycles. The third-order valence-electron chi connectivity index (χ3n) is 10.3. The number of aryl methyl sites for hydroxylation is 2. The topological polar surface area (TPSA) is 266 Å². The van der Waals surface area contributed by atoms with E-state index in [1.807, 2.05) is 48.9 Å². The second-order valence-corrected chi connectivity index (χ2v) is 27.8. The Kier molecular flexibility index (Phi) is 21.2. The number of amides is 2. The molecule has 30 heteroatoms. The lowest BCUT2D eigenvalue weighted by molar-refractivity contribution is -0.775. The first-order valence-electron chi connectivity index (χ1n) is 21.9. The number of hydrogen-bond acceptors (Lipinski definition) is 15. The molecule has 1 aromatic carbocycles. The number of alkyl carbamates (subject to hydrolysis) is 1. The number of carbonyl (C=O) groups excluding carboxylic acids is 3. The first kappa shape index (κ1) is 63.0. The number of benzene rings is 1. The second kappa shape index (κ2) is 24.3. The monoisotopic (exact) mass is 1100 g/mol. The van der Waals surface area contributed by atoms with Gasteiger partial charge in [0.15, 0.2) is 14.9 Å². The van der Waals surface area contributed by atoms with Gasteiger partial charge in [-0.1, -0.05) is 44.6 Å². The van der Waals surface area contributed by atoms with E-state index in [0.717, 1.165) is 16.7 Å². The molecule has 0 fully saturated rings. The smallest absolute Gasteiger partial charge is 0.486 e. The molecule has 21 nitrogen and oxygen atoms in total. The highest BCUT2D eigenvalue weighted by molar-refractivity contribution is 8.00. The summed E-state index contributed by atoms with van der Waals surface area (Å²) in [6.07, 6.45) is 4.45. The minimum atomic E-state index is -6.85. The number of nitrogens with zero attached hydrogens (tertiary/aromatic N) is 5. The number of alkyl halides is 6. The summed E-state index contributed by atoms with van der Waals surface area (Å²) in [5.74, 6) is -0.132. The largest absolute Gasteiger partial charge is 0.524 e. The lowest BCUT2D eigenvalue weighted by atomic mass is 9.89. The van der Waals surface area contributed by atoms with Crippen molar-refractivity contribution in [1.82, 2.24) is 15.5 Å². The SMILES string of the molecule is C=CCOC(=O)NO[C@](C)(C(=O)OC(C)(C)C)[C@H]1CCc2cc(-c3cn(C[C@H](CNC(=O)OC(C)(C)C)O[Si](C)(C)C(C)(C)C)[n+](CCCN=[N+]=[N-])c3)ccc2O1.O=S(=O)(OS(=O)(=O)C(F)(F)F)C(F)(F)F. The average Bonchev–Trinajstić information content (AvgIpc) is 3.61. The maximum Gasteiger partial charge on any atom is 0.524 e. The van der Waals surface area contributed by atoms with Crippen molar-refractivity contribution in [2.24, 2.45) is 5.11 Å². The standard InChI is InChI=1S/C40H63N7O9Si.C2F6O5S2/c1-14-22-51-36(50)44-56-40(11,34(48)53-37(2,3)4)33-19-17-29-23-28(16-18-32(29)52-33)30-25-46(21-15-20-43-45-41)47(26-30)27-31(55-57(12,13)39(8,9)10)24-42-35(49)54-38(5,6)7;3-1(4,5)14(9,10)13-15(11,12)2(6,7)8/h14,16,18,23,25-26,31,33H,1,15,17,19-22,24,27H2,2-13H3,(H-,42,44,49,50);/p+1/t31-,33+,40-;/m0./s1. The molecule has 1 aromatic heterocycles. The minimum Gasteiger partial charge on any atom is -0.486 e. The van der Waals surface area contributed by atoms with Crippen molar-refractivity contribution in [2.75, 3.05) is 19.7 Å². The van der Waals surface area contributed by atoms with E-state index >= 15 is 0 Å². The van der Waals surface area contributed by atoms with Crippen LogP contribution >= 0.6 is 0 Å². The fourth-order valence-corrected chi connectivity index (χ4v) is 8.79. The van der Waals surface area contributed by atoms with Gasteiger partial charge in [-0.05, 0) is 108 Å². The maximum absolute atomic E-state index is 13.5. The summed E-state index contributed by atoms with van der Waals surface area (Å²) in [6, 6.07) is 5.85. The summed E-state index contributed by atoms with van der Waals surface area (Å²) in [4.78, 5) is 47.1. The molecular formula is C42H64F6N7O14S2Si+. The highest BCUT2D eigenvalue weighted by Gasteiger charge is 2.57. The number of halogens is 6. The molecule has 3 atom stereocenters. The van der Waals surface area contributed by atoms with Crippen molar-refractivity contribution in [3.05, 3.63) is 59.3 Å². The Morgan fingerprint density at radius 1 is 0.944 bits per heavy atom. The summed E-state index contributed by atoms with van der Waals surface area (Å²) in [7, 11) is -16.0. The van der Waals surface area contributed by atoms with Crippen LogP contribution in [-0.2, 0) is 71.6 Å². The van der Waals surface area contributed by atoms with Crippen molar-refractivity contribution in [2.45, 2.75) is 160 Å². The van der Waals surface area contributed by atoms with E-state index in [1.54, 1.807) is 20.8 Å². The van der Waals surface area contributed by atoms with Crippen LogP contribution in [0.1, 0.15) is 87.6 Å². The summed E-state index contributed by atoms with van der Waals surface area (Å²) in [6.45, 7) is 28.2. The molecule has 0 bridgehead atoms. The van der Waals surface area contributed by atoms with Gasteiger partial charge in [-0.25, -0.2) is 19.2 Å². The normalized spacial score (nSPS) is 15.9. The highest BCUT2D eigenvalue weighted by Crippen LogP contribution is 2.39. The zero-order valence-corrected chi connectivity index (χ0v) is 44.7. The molecule has 2 aromatic rings. The molecule has 0 saturated heterocycles. The zero-order chi connectivity index (χ0) is 55.5. The Bertz CT molecular complexity index is 2460. The maximum atomic E-state index is 13.5.